The van der Waals surface area contributed by atoms with Crippen LogP contribution in [0.4, 0.5) is 0 Å². The number of aryl methyl sites for hydroxylation is 1. The van der Waals surface area contributed by atoms with Crippen molar-refractivity contribution in [1.29, 1.82) is 0 Å². The van der Waals surface area contributed by atoms with Gasteiger partial charge in [0.05, 0.1) is 22.5 Å². The fraction of sp³-hybridized carbons (Fsp3) is 0.786. The van der Waals surface area contributed by atoms with Gasteiger partial charge in [-0.25, -0.2) is 0 Å². The first-order chi connectivity index (χ1) is 8.29. The van der Waals surface area contributed by atoms with Gasteiger partial charge in [0.25, 0.3) is 0 Å². The molecule has 4 heteroatoms. The Balaban J connectivity index is 2.04. The van der Waals surface area contributed by atoms with Crippen molar-refractivity contribution in [3.63, 3.8) is 0 Å². The minimum absolute atomic E-state index is 0.187. The third kappa shape index (κ3) is 2.72. The summed E-state index contributed by atoms with van der Waals surface area (Å²) in [5, 5.41) is 9.00. The summed E-state index contributed by atoms with van der Waals surface area (Å²) in [6, 6.07) is 0.519. The van der Waals surface area contributed by atoms with Crippen molar-refractivity contribution >= 4 is 11.6 Å². The lowest BCUT2D eigenvalue weighted by Crippen LogP contribution is -2.44. The second kappa shape index (κ2) is 4.86. The number of hydrogen-bond acceptors (Lipinski definition) is 2. The maximum atomic E-state index is 6.22. The Labute approximate surface area is 115 Å². The standard InChI is InChI=1S/C14H24ClN3/c1-9-13(15)10(2)18(17-9)12-7-6-11(12)8-16-14(3,4)5/h11-12,16H,6-8H2,1-5H3. The summed E-state index contributed by atoms with van der Waals surface area (Å²) in [5.74, 6) is 0.679. The van der Waals surface area contributed by atoms with Gasteiger partial charge < -0.3 is 5.32 Å². The van der Waals surface area contributed by atoms with E-state index in [0.29, 0.717) is 12.0 Å². The molecule has 3 nitrogen and oxygen atoms in total. The maximum Gasteiger partial charge on any atom is 0.0844 e. The largest absolute Gasteiger partial charge is 0.312 e. The van der Waals surface area contributed by atoms with Gasteiger partial charge in [0.1, 0.15) is 0 Å². The van der Waals surface area contributed by atoms with E-state index in [-0.39, 0.29) is 5.54 Å². The Kier molecular flexibility index (Phi) is 3.75. The Bertz CT molecular complexity index is 431. The highest BCUT2D eigenvalue weighted by Gasteiger charge is 2.34. The van der Waals surface area contributed by atoms with Gasteiger partial charge in [0, 0.05) is 12.1 Å². The molecule has 1 fully saturated rings. The van der Waals surface area contributed by atoms with Crippen LogP contribution in [0.3, 0.4) is 0 Å². The molecule has 0 amide bonds. The van der Waals surface area contributed by atoms with E-state index in [1.54, 1.807) is 0 Å². The molecule has 1 aromatic rings. The first kappa shape index (κ1) is 13.9. The highest BCUT2D eigenvalue weighted by atomic mass is 35.5. The van der Waals surface area contributed by atoms with Crippen molar-refractivity contribution in [1.82, 2.24) is 15.1 Å². The highest BCUT2D eigenvalue weighted by molar-refractivity contribution is 6.31. The number of hydrogen-bond donors (Lipinski definition) is 1. The number of halogens is 1. The summed E-state index contributed by atoms with van der Waals surface area (Å²) in [6.45, 7) is 11.7. The molecule has 0 aromatic carbocycles. The molecule has 1 aliphatic carbocycles. The topological polar surface area (TPSA) is 29.9 Å². The molecule has 1 heterocycles. The van der Waals surface area contributed by atoms with E-state index >= 15 is 0 Å². The fourth-order valence-corrected chi connectivity index (χ4v) is 2.64. The van der Waals surface area contributed by atoms with Crippen LogP contribution in [0.2, 0.25) is 5.02 Å². The molecule has 1 N–H and O–H groups in total. The van der Waals surface area contributed by atoms with Gasteiger partial charge in [0.15, 0.2) is 0 Å². The molecule has 0 radical (unpaired) electrons. The second-order valence-electron chi connectivity index (χ2n) is 6.47. The van der Waals surface area contributed by atoms with Crippen LogP contribution in [0.25, 0.3) is 0 Å². The summed E-state index contributed by atoms with van der Waals surface area (Å²) >= 11 is 6.22. The first-order valence-electron chi connectivity index (χ1n) is 6.76. The lowest BCUT2D eigenvalue weighted by molar-refractivity contribution is 0.150. The molecule has 2 unspecified atom stereocenters. The third-order valence-electron chi connectivity index (χ3n) is 3.82. The summed E-state index contributed by atoms with van der Waals surface area (Å²) in [5.41, 5.74) is 2.25. The number of aromatic nitrogens is 2. The van der Waals surface area contributed by atoms with E-state index in [1.165, 1.54) is 12.8 Å². The quantitative estimate of drug-likeness (QED) is 0.910. The Hall–Kier alpha value is -0.540. The van der Waals surface area contributed by atoms with Gasteiger partial charge in [-0.05, 0) is 53.4 Å². The average molecular weight is 270 g/mol. The molecule has 2 rings (SSSR count). The van der Waals surface area contributed by atoms with Gasteiger partial charge in [-0.15, -0.1) is 0 Å². The van der Waals surface area contributed by atoms with E-state index in [4.69, 9.17) is 11.6 Å². The SMILES string of the molecule is Cc1nn(C2CCC2CNC(C)(C)C)c(C)c1Cl. The summed E-state index contributed by atoms with van der Waals surface area (Å²) < 4.78 is 2.14. The van der Waals surface area contributed by atoms with Crippen molar-refractivity contribution in [3.05, 3.63) is 16.4 Å². The Morgan fingerprint density at radius 3 is 2.39 bits per heavy atom. The summed E-state index contributed by atoms with van der Waals surface area (Å²) in [6.07, 6.45) is 2.50. The maximum absolute atomic E-state index is 6.22. The molecule has 1 saturated carbocycles. The van der Waals surface area contributed by atoms with Crippen LogP contribution < -0.4 is 5.32 Å². The van der Waals surface area contributed by atoms with Gasteiger partial charge in [-0.1, -0.05) is 11.6 Å². The molecular formula is C14H24ClN3. The zero-order chi connectivity index (χ0) is 13.5. The van der Waals surface area contributed by atoms with Crippen LogP contribution in [0.1, 0.15) is 51.0 Å². The zero-order valence-electron chi connectivity index (χ0n) is 12.0. The zero-order valence-corrected chi connectivity index (χ0v) is 12.8. The normalized spacial score (nSPS) is 24.1. The number of nitrogens with one attached hydrogen (secondary N) is 1. The monoisotopic (exact) mass is 269 g/mol. The van der Waals surface area contributed by atoms with Crippen LogP contribution >= 0.6 is 11.6 Å². The lowest BCUT2D eigenvalue weighted by Gasteiger charge is -2.39. The molecule has 102 valence electrons. The van der Waals surface area contributed by atoms with E-state index in [9.17, 15) is 0 Å². The van der Waals surface area contributed by atoms with Gasteiger partial charge in [-0.2, -0.15) is 5.10 Å². The molecule has 0 aliphatic heterocycles. The van der Waals surface area contributed by atoms with Gasteiger partial charge in [-0.3, -0.25) is 4.68 Å². The fourth-order valence-electron chi connectivity index (χ4n) is 2.51. The first-order valence-corrected chi connectivity index (χ1v) is 7.13. The van der Waals surface area contributed by atoms with E-state index in [1.807, 2.05) is 6.92 Å². The molecule has 0 spiro atoms. The molecule has 18 heavy (non-hydrogen) atoms. The minimum atomic E-state index is 0.187. The molecule has 2 atom stereocenters. The molecule has 0 bridgehead atoms. The van der Waals surface area contributed by atoms with Crippen molar-refractivity contribution < 1.29 is 0 Å². The van der Waals surface area contributed by atoms with Crippen LogP contribution in [-0.4, -0.2) is 21.9 Å². The molecule has 1 aliphatic rings. The highest BCUT2D eigenvalue weighted by Crippen LogP contribution is 2.40. The van der Waals surface area contributed by atoms with Gasteiger partial charge >= 0.3 is 0 Å². The second-order valence-corrected chi connectivity index (χ2v) is 6.84. The molecule has 0 saturated heterocycles. The Morgan fingerprint density at radius 1 is 1.33 bits per heavy atom. The van der Waals surface area contributed by atoms with E-state index in [0.717, 1.165) is 23.0 Å². The minimum Gasteiger partial charge on any atom is -0.312 e. The van der Waals surface area contributed by atoms with E-state index in [2.05, 4.69) is 42.8 Å². The van der Waals surface area contributed by atoms with Crippen LogP contribution in [0.15, 0.2) is 0 Å². The summed E-state index contributed by atoms with van der Waals surface area (Å²) in [7, 11) is 0. The number of rotatable bonds is 3. The predicted molar refractivity (Wildman–Crippen MR) is 76.2 cm³/mol. The predicted octanol–water partition coefficient (Wildman–Crippen LogP) is 3.49. The average Bonchev–Trinajstić information content (AvgIpc) is 2.44. The number of nitrogens with zero attached hydrogens (tertiary/aromatic N) is 2. The van der Waals surface area contributed by atoms with Crippen molar-refractivity contribution in [2.75, 3.05) is 6.54 Å². The van der Waals surface area contributed by atoms with Crippen LogP contribution in [-0.2, 0) is 0 Å². The molecule has 1 aromatic heterocycles. The van der Waals surface area contributed by atoms with Crippen molar-refractivity contribution in [2.45, 2.75) is 59.0 Å². The Morgan fingerprint density at radius 2 is 2.00 bits per heavy atom. The van der Waals surface area contributed by atoms with Crippen LogP contribution in [0.5, 0.6) is 0 Å². The van der Waals surface area contributed by atoms with Crippen molar-refractivity contribution in [3.8, 4) is 0 Å². The molecular weight excluding hydrogens is 246 g/mol. The van der Waals surface area contributed by atoms with Crippen molar-refractivity contribution in [2.24, 2.45) is 5.92 Å². The van der Waals surface area contributed by atoms with Crippen LogP contribution in [0, 0.1) is 19.8 Å². The smallest absolute Gasteiger partial charge is 0.0844 e. The lowest BCUT2D eigenvalue weighted by atomic mass is 9.79. The third-order valence-corrected chi connectivity index (χ3v) is 4.37. The summed E-state index contributed by atoms with van der Waals surface area (Å²) in [4.78, 5) is 0. The van der Waals surface area contributed by atoms with E-state index < -0.39 is 0 Å². The van der Waals surface area contributed by atoms with Gasteiger partial charge in [0.2, 0.25) is 0 Å².